The quantitative estimate of drug-likeness (QED) is 0.594. The Morgan fingerprint density at radius 3 is 2.33 bits per heavy atom. The molecule has 0 amide bonds. The van der Waals surface area contributed by atoms with Gasteiger partial charge in [0.1, 0.15) is 11.4 Å². The molecule has 0 radical (unpaired) electrons. The molecule has 0 aliphatic heterocycles. The van der Waals surface area contributed by atoms with Crippen molar-refractivity contribution >= 4 is 0 Å². The molecule has 1 aliphatic carbocycles. The summed E-state index contributed by atoms with van der Waals surface area (Å²) in [6, 6.07) is 8.60. The second kappa shape index (κ2) is 7.15. The Labute approximate surface area is 130 Å². The molecule has 21 heavy (non-hydrogen) atoms. The van der Waals surface area contributed by atoms with E-state index in [1.807, 2.05) is 0 Å². The van der Waals surface area contributed by atoms with Crippen molar-refractivity contribution in [1.82, 2.24) is 0 Å². The van der Waals surface area contributed by atoms with E-state index in [1.165, 1.54) is 31.2 Å². The molecular weight excluding hydrogens is 256 g/mol. The summed E-state index contributed by atoms with van der Waals surface area (Å²) < 4.78 is 5.87. The van der Waals surface area contributed by atoms with Crippen molar-refractivity contribution in [3.05, 3.63) is 42.0 Å². The van der Waals surface area contributed by atoms with Crippen molar-refractivity contribution in [1.29, 1.82) is 0 Å². The van der Waals surface area contributed by atoms with Gasteiger partial charge in [0.25, 0.3) is 0 Å². The van der Waals surface area contributed by atoms with Gasteiger partial charge in [-0.3, -0.25) is 0 Å². The lowest BCUT2D eigenvalue weighted by Crippen LogP contribution is -2.22. The van der Waals surface area contributed by atoms with E-state index >= 15 is 0 Å². The van der Waals surface area contributed by atoms with E-state index in [0.29, 0.717) is 5.92 Å². The lowest BCUT2D eigenvalue weighted by Gasteiger charge is -2.21. The van der Waals surface area contributed by atoms with Crippen LogP contribution in [0.2, 0.25) is 0 Å². The van der Waals surface area contributed by atoms with Gasteiger partial charge in [0, 0.05) is 0 Å². The van der Waals surface area contributed by atoms with Crippen LogP contribution in [0.5, 0.6) is 5.75 Å². The number of hydrogen-bond acceptors (Lipinski definition) is 1. The first-order valence-electron chi connectivity index (χ1n) is 8.40. The van der Waals surface area contributed by atoms with Crippen LogP contribution < -0.4 is 4.74 Å². The van der Waals surface area contributed by atoms with E-state index in [0.717, 1.165) is 18.1 Å². The van der Waals surface area contributed by atoms with Crippen molar-refractivity contribution in [2.45, 2.75) is 71.3 Å². The summed E-state index contributed by atoms with van der Waals surface area (Å²) in [5.74, 6) is 2.38. The third-order valence-electron chi connectivity index (χ3n) is 4.17. The molecule has 0 heterocycles. The van der Waals surface area contributed by atoms with Crippen molar-refractivity contribution in [3.63, 3.8) is 0 Å². The van der Waals surface area contributed by atoms with Gasteiger partial charge in [0.05, 0.1) is 0 Å². The fourth-order valence-corrected chi connectivity index (χ4v) is 2.98. The van der Waals surface area contributed by atoms with Gasteiger partial charge in [-0.15, -0.1) is 0 Å². The van der Waals surface area contributed by atoms with E-state index in [2.05, 4.69) is 64.1 Å². The predicted octanol–water partition coefficient (Wildman–Crippen LogP) is 6.10. The lowest BCUT2D eigenvalue weighted by molar-refractivity contribution is 0.131. The molecule has 2 rings (SSSR count). The van der Waals surface area contributed by atoms with Crippen LogP contribution in [0.25, 0.3) is 0 Å². The Bertz CT molecular complexity index is 444. The fourth-order valence-electron chi connectivity index (χ4n) is 2.98. The van der Waals surface area contributed by atoms with E-state index in [-0.39, 0.29) is 5.60 Å². The molecule has 0 aromatic heterocycles. The van der Waals surface area contributed by atoms with Crippen LogP contribution in [-0.2, 0) is 0 Å². The van der Waals surface area contributed by atoms with Crippen molar-refractivity contribution in [2.75, 3.05) is 0 Å². The van der Waals surface area contributed by atoms with Crippen LogP contribution in [0.4, 0.5) is 0 Å². The van der Waals surface area contributed by atoms with Crippen LogP contribution in [-0.4, -0.2) is 5.60 Å². The third kappa shape index (κ3) is 5.57. The number of allylic oxidation sites excluding steroid dienone is 2. The highest BCUT2D eigenvalue weighted by atomic mass is 16.5. The minimum absolute atomic E-state index is 0.128. The zero-order chi connectivity index (χ0) is 15.3. The van der Waals surface area contributed by atoms with E-state index in [9.17, 15) is 0 Å². The highest BCUT2D eigenvalue weighted by Crippen LogP contribution is 2.28. The average Bonchev–Trinajstić information content (AvgIpc) is 2.91. The van der Waals surface area contributed by atoms with Crippen LogP contribution >= 0.6 is 0 Å². The van der Waals surface area contributed by atoms with Gasteiger partial charge < -0.3 is 4.74 Å². The summed E-state index contributed by atoms with van der Waals surface area (Å²) in [6.07, 6.45) is 11.6. The molecule has 1 aromatic carbocycles. The summed E-state index contributed by atoms with van der Waals surface area (Å²) >= 11 is 0. The molecule has 1 fully saturated rings. The maximum atomic E-state index is 5.87. The maximum Gasteiger partial charge on any atom is 0.120 e. The number of ether oxygens (including phenoxy) is 1. The Morgan fingerprint density at radius 2 is 1.76 bits per heavy atom. The molecule has 0 spiro atoms. The summed E-state index contributed by atoms with van der Waals surface area (Å²) in [7, 11) is 0. The normalized spacial score (nSPS) is 18.3. The summed E-state index contributed by atoms with van der Waals surface area (Å²) in [5, 5.41) is 0. The molecule has 0 N–H and O–H groups in total. The van der Waals surface area contributed by atoms with Crippen LogP contribution in [0.3, 0.4) is 0 Å². The molecule has 1 aliphatic rings. The minimum Gasteiger partial charge on any atom is -0.488 e. The SMILES string of the molecule is C[C@@H](C/C=C/C1CCCC1)c1ccc(OC(C)(C)C)cc1. The summed E-state index contributed by atoms with van der Waals surface area (Å²) in [6.45, 7) is 8.55. The fraction of sp³-hybridized carbons (Fsp3) is 0.600. The van der Waals surface area contributed by atoms with Crippen LogP contribution in [0, 0.1) is 5.92 Å². The highest BCUT2D eigenvalue weighted by Gasteiger charge is 2.13. The zero-order valence-corrected chi connectivity index (χ0v) is 14.1. The Hall–Kier alpha value is -1.24. The second-order valence-electron chi connectivity index (χ2n) is 7.39. The van der Waals surface area contributed by atoms with Crippen LogP contribution in [0.1, 0.15) is 71.3 Å². The summed E-state index contributed by atoms with van der Waals surface area (Å²) in [5.41, 5.74) is 1.27. The molecule has 0 unspecified atom stereocenters. The molecule has 0 bridgehead atoms. The molecule has 116 valence electrons. The maximum absolute atomic E-state index is 5.87. The largest absolute Gasteiger partial charge is 0.488 e. The monoisotopic (exact) mass is 286 g/mol. The lowest BCUT2D eigenvalue weighted by atomic mass is 9.96. The molecule has 1 aromatic rings. The first-order valence-corrected chi connectivity index (χ1v) is 8.40. The van der Waals surface area contributed by atoms with Gasteiger partial charge in [-0.1, -0.05) is 44.1 Å². The first kappa shape index (κ1) is 16.1. The highest BCUT2D eigenvalue weighted by molar-refractivity contribution is 5.30. The zero-order valence-electron chi connectivity index (χ0n) is 14.1. The van der Waals surface area contributed by atoms with E-state index in [4.69, 9.17) is 4.74 Å². The molecular formula is C20H30O. The summed E-state index contributed by atoms with van der Waals surface area (Å²) in [4.78, 5) is 0. The Balaban J connectivity index is 1.85. The average molecular weight is 286 g/mol. The second-order valence-corrected chi connectivity index (χ2v) is 7.39. The number of benzene rings is 1. The van der Waals surface area contributed by atoms with Gasteiger partial charge in [-0.25, -0.2) is 0 Å². The molecule has 1 atom stereocenters. The minimum atomic E-state index is -0.128. The standard InChI is InChI=1S/C20H30O/c1-16(8-7-11-17-9-5-6-10-17)18-12-14-19(15-13-18)21-20(2,3)4/h7,11-17H,5-6,8-10H2,1-4H3/b11-7+/t16-/m0/s1. The van der Waals surface area contributed by atoms with E-state index in [1.54, 1.807) is 0 Å². The Morgan fingerprint density at radius 1 is 1.14 bits per heavy atom. The molecule has 1 nitrogen and oxygen atoms in total. The smallest absolute Gasteiger partial charge is 0.120 e. The third-order valence-corrected chi connectivity index (χ3v) is 4.17. The van der Waals surface area contributed by atoms with Gasteiger partial charge in [0.15, 0.2) is 0 Å². The number of hydrogen-bond donors (Lipinski definition) is 0. The van der Waals surface area contributed by atoms with Gasteiger partial charge in [-0.2, -0.15) is 0 Å². The van der Waals surface area contributed by atoms with Crippen molar-refractivity contribution < 1.29 is 4.74 Å². The van der Waals surface area contributed by atoms with Crippen molar-refractivity contribution in [3.8, 4) is 5.75 Å². The van der Waals surface area contributed by atoms with Crippen molar-refractivity contribution in [2.24, 2.45) is 5.92 Å². The first-order chi connectivity index (χ1) is 9.94. The van der Waals surface area contributed by atoms with Gasteiger partial charge in [-0.05, 0) is 69.6 Å². The number of rotatable bonds is 5. The van der Waals surface area contributed by atoms with Gasteiger partial charge in [0.2, 0.25) is 0 Å². The molecule has 0 saturated heterocycles. The van der Waals surface area contributed by atoms with Crippen LogP contribution in [0.15, 0.2) is 36.4 Å². The Kier molecular flexibility index (Phi) is 5.50. The topological polar surface area (TPSA) is 9.23 Å². The van der Waals surface area contributed by atoms with E-state index < -0.39 is 0 Å². The molecule has 1 saturated carbocycles. The molecule has 1 heteroatoms. The predicted molar refractivity (Wildman–Crippen MR) is 91.0 cm³/mol. The van der Waals surface area contributed by atoms with Gasteiger partial charge >= 0.3 is 0 Å².